The second-order valence-corrected chi connectivity index (χ2v) is 6.65. The summed E-state index contributed by atoms with van der Waals surface area (Å²) in [5.74, 6) is 0.312. The number of aromatic nitrogens is 2. The molecule has 108 valence electrons. The van der Waals surface area contributed by atoms with Gasteiger partial charge in [0.1, 0.15) is 10.7 Å². The summed E-state index contributed by atoms with van der Waals surface area (Å²) in [7, 11) is -2.31. The molecule has 1 aromatic carbocycles. The number of nitrogens with zero attached hydrogens (tertiary/aromatic N) is 2. The average Bonchev–Trinajstić information content (AvgIpc) is 2.53. The Labute approximate surface area is 126 Å². The molecule has 2 rings (SSSR count). The van der Waals surface area contributed by atoms with Crippen LogP contribution in [0.3, 0.4) is 0 Å². The van der Waals surface area contributed by atoms with E-state index in [0.717, 1.165) is 0 Å². The first-order valence-corrected chi connectivity index (χ1v) is 7.72. The molecule has 9 heteroatoms. The van der Waals surface area contributed by atoms with Crippen molar-refractivity contribution in [3.05, 3.63) is 33.9 Å². The van der Waals surface area contributed by atoms with Gasteiger partial charge in [-0.2, -0.15) is 5.10 Å². The predicted molar refractivity (Wildman–Crippen MR) is 79.6 cm³/mol. The number of nitrogens with two attached hydrogens (primary N) is 1. The molecule has 1 heterocycles. The Morgan fingerprint density at radius 2 is 1.80 bits per heavy atom. The lowest BCUT2D eigenvalue weighted by Crippen LogP contribution is -2.16. The van der Waals surface area contributed by atoms with Crippen LogP contribution < -0.4 is 10.5 Å². The predicted octanol–water partition coefficient (Wildman–Crippen LogP) is 2.42. The standard InChI is InChI=1S/C11H12Cl2N4O2S/c1-6-3-10(17(2)15-6)16-20(18,19)11-8(12)4-7(14)5-9(11)13/h3-5,16H,14H2,1-2H3. The average molecular weight is 335 g/mol. The van der Waals surface area contributed by atoms with Gasteiger partial charge in [-0.3, -0.25) is 9.40 Å². The summed E-state index contributed by atoms with van der Waals surface area (Å²) in [5, 5.41) is 3.97. The molecule has 0 unspecified atom stereocenters. The van der Waals surface area contributed by atoms with Crippen molar-refractivity contribution in [2.75, 3.05) is 10.5 Å². The number of benzene rings is 1. The second kappa shape index (κ2) is 5.16. The summed E-state index contributed by atoms with van der Waals surface area (Å²) in [4.78, 5) is -0.214. The van der Waals surface area contributed by atoms with E-state index in [4.69, 9.17) is 28.9 Å². The van der Waals surface area contributed by atoms with Gasteiger partial charge < -0.3 is 5.73 Å². The molecule has 0 saturated carbocycles. The lowest BCUT2D eigenvalue weighted by atomic mass is 10.3. The Bertz CT molecular complexity index is 748. The van der Waals surface area contributed by atoms with Gasteiger partial charge in [-0.25, -0.2) is 8.42 Å². The number of nitrogens with one attached hydrogen (secondary N) is 1. The number of sulfonamides is 1. The molecule has 0 amide bonds. The third-order valence-corrected chi connectivity index (χ3v) is 4.81. The molecule has 0 radical (unpaired) electrons. The quantitative estimate of drug-likeness (QED) is 0.843. The molecule has 0 aliphatic carbocycles. The van der Waals surface area contributed by atoms with E-state index in [-0.39, 0.29) is 20.6 Å². The minimum atomic E-state index is -3.93. The van der Waals surface area contributed by atoms with Crippen LogP contribution in [-0.2, 0) is 17.1 Å². The maximum Gasteiger partial charge on any atom is 0.266 e. The van der Waals surface area contributed by atoms with Crippen molar-refractivity contribution >= 4 is 44.7 Å². The molecule has 6 nitrogen and oxygen atoms in total. The summed E-state index contributed by atoms with van der Waals surface area (Å²) >= 11 is 11.8. The van der Waals surface area contributed by atoms with E-state index in [0.29, 0.717) is 11.5 Å². The number of nitrogen functional groups attached to an aromatic ring is 1. The summed E-state index contributed by atoms with van der Waals surface area (Å²) < 4.78 is 28.5. The molecule has 0 fully saturated rings. The summed E-state index contributed by atoms with van der Waals surface area (Å²) in [5.41, 5.74) is 6.52. The van der Waals surface area contributed by atoms with Crippen molar-refractivity contribution in [3.63, 3.8) is 0 Å². The van der Waals surface area contributed by atoms with Crippen LogP contribution in [0.15, 0.2) is 23.1 Å². The molecule has 0 aliphatic rings. The fourth-order valence-electron chi connectivity index (χ4n) is 1.73. The highest BCUT2D eigenvalue weighted by atomic mass is 35.5. The van der Waals surface area contributed by atoms with E-state index < -0.39 is 10.0 Å². The van der Waals surface area contributed by atoms with Crippen molar-refractivity contribution < 1.29 is 8.42 Å². The summed E-state index contributed by atoms with van der Waals surface area (Å²) in [6.07, 6.45) is 0. The van der Waals surface area contributed by atoms with Crippen molar-refractivity contribution in [1.82, 2.24) is 9.78 Å². The van der Waals surface area contributed by atoms with Crippen LogP contribution in [0, 0.1) is 6.92 Å². The van der Waals surface area contributed by atoms with Crippen LogP contribution in [0.1, 0.15) is 5.69 Å². The van der Waals surface area contributed by atoms with E-state index in [1.54, 1.807) is 20.0 Å². The summed E-state index contributed by atoms with van der Waals surface area (Å²) in [6, 6.07) is 4.25. The minimum Gasteiger partial charge on any atom is -0.399 e. The Hall–Kier alpha value is -1.44. The van der Waals surface area contributed by atoms with E-state index in [1.165, 1.54) is 16.8 Å². The molecule has 2 aromatic rings. The topological polar surface area (TPSA) is 90.0 Å². The van der Waals surface area contributed by atoms with E-state index in [9.17, 15) is 8.42 Å². The van der Waals surface area contributed by atoms with Gasteiger partial charge in [-0.05, 0) is 19.1 Å². The van der Waals surface area contributed by atoms with Gasteiger partial charge in [0.2, 0.25) is 0 Å². The molecule has 0 spiro atoms. The molecule has 1 aromatic heterocycles. The molecule has 3 N–H and O–H groups in total. The van der Waals surface area contributed by atoms with Crippen LogP contribution in [0.2, 0.25) is 10.0 Å². The van der Waals surface area contributed by atoms with Crippen molar-refractivity contribution in [2.45, 2.75) is 11.8 Å². The molecule has 0 saturated heterocycles. The normalized spacial score (nSPS) is 11.6. The minimum absolute atomic E-state index is 0.0404. The van der Waals surface area contributed by atoms with Crippen molar-refractivity contribution in [2.24, 2.45) is 7.05 Å². The Kier molecular flexibility index (Phi) is 3.86. The number of hydrogen-bond acceptors (Lipinski definition) is 4. The van der Waals surface area contributed by atoms with Crippen molar-refractivity contribution in [1.29, 1.82) is 0 Å². The van der Waals surface area contributed by atoms with E-state index in [1.807, 2.05) is 0 Å². The smallest absolute Gasteiger partial charge is 0.266 e. The van der Waals surface area contributed by atoms with Gasteiger partial charge in [-0.15, -0.1) is 0 Å². The zero-order chi connectivity index (χ0) is 15.1. The van der Waals surface area contributed by atoms with Crippen molar-refractivity contribution in [3.8, 4) is 0 Å². The number of anilines is 2. The van der Waals surface area contributed by atoms with Crippen LogP contribution in [0.25, 0.3) is 0 Å². The Balaban J connectivity index is 2.49. The molecule has 20 heavy (non-hydrogen) atoms. The fraction of sp³-hybridized carbons (Fsp3) is 0.182. The fourth-order valence-corrected chi connectivity index (χ4v) is 4.04. The largest absolute Gasteiger partial charge is 0.399 e. The lowest BCUT2D eigenvalue weighted by Gasteiger charge is -2.11. The van der Waals surface area contributed by atoms with Crippen LogP contribution in [-0.4, -0.2) is 18.2 Å². The summed E-state index contributed by atoms with van der Waals surface area (Å²) in [6.45, 7) is 1.75. The molecule has 0 atom stereocenters. The van der Waals surface area contributed by atoms with Gasteiger partial charge in [0, 0.05) is 18.8 Å². The van der Waals surface area contributed by atoms with Gasteiger partial charge in [0.05, 0.1) is 15.7 Å². The third kappa shape index (κ3) is 2.84. The Morgan fingerprint density at radius 3 is 2.25 bits per heavy atom. The highest BCUT2D eigenvalue weighted by molar-refractivity contribution is 7.93. The number of aryl methyl sites for hydroxylation is 2. The zero-order valence-corrected chi connectivity index (χ0v) is 13.0. The van der Waals surface area contributed by atoms with E-state index in [2.05, 4.69) is 9.82 Å². The van der Waals surface area contributed by atoms with Gasteiger partial charge in [0.25, 0.3) is 10.0 Å². The first kappa shape index (κ1) is 15.0. The monoisotopic (exact) mass is 334 g/mol. The number of hydrogen-bond donors (Lipinski definition) is 2. The van der Waals surface area contributed by atoms with Gasteiger partial charge in [0.15, 0.2) is 0 Å². The second-order valence-electron chi connectivity index (χ2n) is 4.21. The third-order valence-electron chi connectivity index (χ3n) is 2.53. The first-order valence-electron chi connectivity index (χ1n) is 5.48. The SMILES string of the molecule is Cc1cc(NS(=O)(=O)c2c(Cl)cc(N)cc2Cl)n(C)n1. The molecule has 0 aliphatic heterocycles. The van der Waals surface area contributed by atoms with Crippen LogP contribution in [0.4, 0.5) is 11.5 Å². The van der Waals surface area contributed by atoms with Crippen LogP contribution >= 0.6 is 23.2 Å². The molecule has 0 bridgehead atoms. The molecular weight excluding hydrogens is 323 g/mol. The van der Waals surface area contributed by atoms with Crippen LogP contribution in [0.5, 0.6) is 0 Å². The maximum atomic E-state index is 12.4. The lowest BCUT2D eigenvalue weighted by molar-refractivity contribution is 0.600. The molecular formula is C11H12Cl2N4O2S. The first-order chi connectivity index (χ1) is 9.20. The number of rotatable bonds is 3. The highest BCUT2D eigenvalue weighted by Gasteiger charge is 2.23. The Morgan fingerprint density at radius 1 is 1.25 bits per heavy atom. The maximum absolute atomic E-state index is 12.4. The van der Waals surface area contributed by atoms with Gasteiger partial charge in [-0.1, -0.05) is 23.2 Å². The number of halogens is 2. The highest BCUT2D eigenvalue weighted by Crippen LogP contribution is 2.33. The van der Waals surface area contributed by atoms with E-state index >= 15 is 0 Å². The van der Waals surface area contributed by atoms with Gasteiger partial charge >= 0.3 is 0 Å². The zero-order valence-electron chi connectivity index (χ0n) is 10.7.